The molecule has 0 unspecified atom stereocenters. The minimum Gasteiger partial charge on any atom is -0.471 e. The van der Waals surface area contributed by atoms with E-state index in [1.54, 1.807) is 30.3 Å². The minimum atomic E-state index is -4.07. The van der Waals surface area contributed by atoms with Crippen LogP contribution in [0.1, 0.15) is 5.56 Å². The van der Waals surface area contributed by atoms with Gasteiger partial charge in [-0.3, -0.25) is 0 Å². The third-order valence-corrected chi connectivity index (χ3v) is 7.24. The third kappa shape index (κ3) is 5.24. The molecule has 3 aromatic heterocycles. The minimum absolute atomic E-state index is 0.142. The molecule has 13 heteroatoms. The second-order valence-corrected chi connectivity index (χ2v) is 10.2. The Kier molecular flexibility index (Phi) is 6.57. The Labute approximate surface area is 210 Å². The highest BCUT2D eigenvalue weighted by atomic mass is 35.5. The van der Waals surface area contributed by atoms with Crippen LogP contribution < -0.4 is 14.8 Å². The Morgan fingerprint density at radius 2 is 1.91 bits per heavy atom. The maximum atomic E-state index is 13.0. The molecule has 0 atom stereocenters. The Bertz CT molecular complexity index is 1530. The molecule has 2 N–H and O–H groups in total. The van der Waals surface area contributed by atoms with Gasteiger partial charge in [-0.25, -0.2) is 9.71 Å². The number of aromatic nitrogens is 5. The Hall–Kier alpha value is -3.61. The van der Waals surface area contributed by atoms with E-state index in [4.69, 9.17) is 16.3 Å². The van der Waals surface area contributed by atoms with Crippen molar-refractivity contribution in [2.45, 2.75) is 13.2 Å². The lowest BCUT2D eigenvalue weighted by molar-refractivity contribution is 0.296. The van der Waals surface area contributed by atoms with Gasteiger partial charge in [-0.2, -0.15) is 12.8 Å². The molecule has 35 heavy (non-hydrogen) atoms. The van der Waals surface area contributed by atoms with Crippen molar-refractivity contribution in [2.24, 2.45) is 0 Å². The van der Waals surface area contributed by atoms with Crippen molar-refractivity contribution in [3.8, 4) is 5.88 Å². The molecule has 0 aliphatic carbocycles. The van der Waals surface area contributed by atoms with Crippen LogP contribution in [0.4, 0.5) is 10.8 Å². The summed E-state index contributed by atoms with van der Waals surface area (Å²) >= 11 is 7.15. The number of anilines is 2. The molecule has 5 aromatic rings. The van der Waals surface area contributed by atoms with E-state index in [-0.39, 0.29) is 17.6 Å². The average molecular weight is 530 g/mol. The van der Waals surface area contributed by atoms with Crippen LogP contribution >= 0.6 is 23.1 Å². The highest BCUT2D eigenvalue weighted by Gasteiger charge is 2.22. The van der Waals surface area contributed by atoms with Gasteiger partial charge in [0.15, 0.2) is 0 Å². The summed E-state index contributed by atoms with van der Waals surface area (Å²) in [6, 6.07) is 16.4. The summed E-state index contributed by atoms with van der Waals surface area (Å²) in [4.78, 5) is 3.87. The van der Waals surface area contributed by atoms with Crippen LogP contribution in [-0.2, 0) is 23.4 Å². The molecule has 0 aliphatic rings. The number of para-hydroxylation sites is 1. The summed E-state index contributed by atoms with van der Waals surface area (Å²) in [7, 11) is -4.07. The summed E-state index contributed by atoms with van der Waals surface area (Å²) < 4.78 is 41.1. The zero-order valence-corrected chi connectivity index (χ0v) is 20.6. The Morgan fingerprint density at radius 3 is 2.71 bits per heavy atom. The number of fused-ring (bicyclic) bond motifs is 1. The SMILES string of the molecule is O=S(=O)(Nc1ncns1)n1nc(OCc2ccc(Cl)cc2NCCn2cccc2)c2ccccc21. The van der Waals surface area contributed by atoms with Crippen molar-refractivity contribution in [2.75, 3.05) is 16.6 Å². The average Bonchev–Trinajstić information content (AvgIpc) is 3.60. The summed E-state index contributed by atoms with van der Waals surface area (Å²) in [6.45, 7) is 1.64. The maximum absolute atomic E-state index is 13.0. The zero-order chi connectivity index (χ0) is 24.3. The predicted octanol–water partition coefficient (Wildman–Crippen LogP) is 4.24. The van der Waals surface area contributed by atoms with Gasteiger partial charge in [0.25, 0.3) is 0 Å². The standard InChI is InChI=1S/C22H20ClN7O3S2/c23-17-8-7-16(19(13-17)24-9-12-29-10-3-4-11-29)14-33-21-18-5-1-2-6-20(18)30(27-21)35(31,32)28-22-25-15-26-34-22/h1-8,10-11,13,15,24H,9,12,14H2,(H,25,26,28). The fourth-order valence-corrected chi connectivity index (χ4v) is 5.38. The van der Waals surface area contributed by atoms with E-state index in [2.05, 4.69) is 29.1 Å². The number of hydrogen-bond acceptors (Lipinski definition) is 8. The zero-order valence-electron chi connectivity index (χ0n) is 18.2. The van der Waals surface area contributed by atoms with E-state index in [1.165, 1.54) is 6.33 Å². The number of halogens is 1. The maximum Gasteiger partial charge on any atom is 0.345 e. The number of ether oxygens (including phenoxy) is 1. The molecule has 0 fully saturated rings. The number of rotatable bonds is 10. The summed E-state index contributed by atoms with van der Waals surface area (Å²) in [6.07, 6.45) is 5.27. The third-order valence-electron chi connectivity index (χ3n) is 5.12. The van der Waals surface area contributed by atoms with E-state index in [0.717, 1.165) is 33.4 Å². The van der Waals surface area contributed by atoms with Crippen molar-refractivity contribution >= 4 is 55.1 Å². The summed E-state index contributed by atoms with van der Waals surface area (Å²) in [5, 5.41) is 8.94. The van der Waals surface area contributed by atoms with Crippen molar-refractivity contribution in [3.05, 3.63) is 83.9 Å². The van der Waals surface area contributed by atoms with Crippen molar-refractivity contribution in [3.63, 3.8) is 0 Å². The molecule has 0 aliphatic heterocycles. The fraction of sp³-hybridized carbons (Fsp3) is 0.136. The number of hydrogen-bond donors (Lipinski definition) is 2. The molecule has 0 saturated carbocycles. The lowest BCUT2D eigenvalue weighted by Crippen LogP contribution is -2.22. The van der Waals surface area contributed by atoms with Gasteiger partial charge in [-0.05, 0) is 36.4 Å². The quantitative estimate of drug-likeness (QED) is 0.278. The molecule has 0 saturated heterocycles. The molecule has 180 valence electrons. The van der Waals surface area contributed by atoms with Gasteiger partial charge in [0.1, 0.15) is 12.9 Å². The predicted molar refractivity (Wildman–Crippen MR) is 136 cm³/mol. The van der Waals surface area contributed by atoms with E-state index in [9.17, 15) is 8.42 Å². The highest BCUT2D eigenvalue weighted by Crippen LogP contribution is 2.29. The van der Waals surface area contributed by atoms with Crippen LogP contribution in [0.15, 0.2) is 73.3 Å². The van der Waals surface area contributed by atoms with E-state index >= 15 is 0 Å². The van der Waals surface area contributed by atoms with Gasteiger partial charge in [0, 0.05) is 53.3 Å². The first kappa shape index (κ1) is 23.1. The second kappa shape index (κ2) is 9.94. The van der Waals surface area contributed by atoms with Crippen LogP contribution in [-0.4, -0.2) is 38.1 Å². The van der Waals surface area contributed by atoms with Gasteiger partial charge >= 0.3 is 10.2 Å². The van der Waals surface area contributed by atoms with Crippen molar-refractivity contribution in [1.29, 1.82) is 0 Å². The molecular weight excluding hydrogens is 510 g/mol. The van der Waals surface area contributed by atoms with Crippen molar-refractivity contribution in [1.82, 2.24) is 23.1 Å². The molecule has 0 spiro atoms. The number of nitrogens with zero attached hydrogens (tertiary/aromatic N) is 5. The normalized spacial score (nSPS) is 11.6. The van der Waals surface area contributed by atoms with Gasteiger partial charge in [-0.1, -0.05) is 29.8 Å². The first-order valence-corrected chi connectivity index (χ1v) is 13.1. The van der Waals surface area contributed by atoms with Crippen LogP contribution in [0.2, 0.25) is 5.02 Å². The van der Waals surface area contributed by atoms with Gasteiger partial charge in [0.05, 0.1) is 10.9 Å². The van der Waals surface area contributed by atoms with Gasteiger partial charge in [0.2, 0.25) is 11.0 Å². The van der Waals surface area contributed by atoms with Crippen molar-refractivity contribution < 1.29 is 13.2 Å². The fourth-order valence-electron chi connectivity index (χ4n) is 3.50. The first-order valence-electron chi connectivity index (χ1n) is 10.5. The topological polar surface area (TPSA) is 116 Å². The van der Waals surface area contributed by atoms with Gasteiger partial charge in [-0.15, -0.1) is 9.19 Å². The number of benzene rings is 2. The molecule has 5 rings (SSSR count). The van der Waals surface area contributed by atoms with E-state index in [1.807, 2.05) is 36.7 Å². The van der Waals surface area contributed by atoms with Gasteiger partial charge < -0.3 is 14.6 Å². The highest BCUT2D eigenvalue weighted by molar-refractivity contribution is 7.91. The Morgan fingerprint density at radius 1 is 1.09 bits per heavy atom. The molecule has 2 aromatic carbocycles. The molecule has 0 radical (unpaired) electrons. The molecular formula is C22H20ClN7O3S2. The monoisotopic (exact) mass is 529 g/mol. The van der Waals surface area contributed by atoms with Crippen LogP contribution in [0, 0.1) is 0 Å². The molecule has 3 heterocycles. The lowest BCUT2D eigenvalue weighted by atomic mass is 10.2. The largest absolute Gasteiger partial charge is 0.471 e. The summed E-state index contributed by atoms with van der Waals surface area (Å²) in [5.74, 6) is 0.191. The lowest BCUT2D eigenvalue weighted by Gasteiger charge is -2.13. The first-order chi connectivity index (χ1) is 17.0. The van der Waals surface area contributed by atoms with Crippen LogP contribution in [0.3, 0.4) is 0 Å². The van der Waals surface area contributed by atoms with Crippen LogP contribution in [0.5, 0.6) is 5.88 Å². The van der Waals surface area contributed by atoms with E-state index < -0.39 is 10.2 Å². The number of nitrogens with one attached hydrogen (secondary N) is 2. The molecule has 10 nitrogen and oxygen atoms in total. The Balaban J connectivity index is 1.37. The van der Waals surface area contributed by atoms with Crippen LogP contribution in [0.25, 0.3) is 10.9 Å². The van der Waals surface area contributed by atoms with E-state index in [0.29, 0.717) is 22.5 Å². The summed E-state index contributed by atoms with van der Waals surface area (Å²) in [5.41, 5.74) is 2.06. The molecule has 0 bridgehead atoms. The smallest absolute Gasteiger partial charge is 0.345 e. The second-order valence-electron chi connectivity index (χ2n) is 7.46. The molecule has 0 amide bonds.